The van der Waals surface area contributed by atoms with E-state index in [0.717, 1.165) is 0 Å². The quantitative estimate of drug-likeness (QED) is 0.800. The molecular formula is C14H17ClN2O5. The van der Waals surface area contributed by atoms with Gasteiger partial charge >= 0.3 is 12.0 Å². The van der Waals surface area contributed by atoms with Crippen LogP contribution >= 0.6 is 11.6 Å². The molecule has 0 aliphatic rings. The molecule has 0 saturated carbocycles. The van der Waals surface area contributed by atoms with Crippen LogP contribution in [0.3, 0.4) is 0 Å². The molecule has 7 nitrogen and oxygen atoms in total. The largest absolute Gasteiger partial charge is 0.496 e. The lowest BCUT2D eigenvalue weighted by atomic mass is 10.1. The Hall–Kier alpha value is -2.28. The van der Waals surface area contributed by atoms with Crippen LogP contribution in [-0.4, -0.2) is 31.1 Å². The van der Waals surface area contributed by atoms with Gasteiger partial charge in [-0.1, -0.05) is 25.4 Å². The summed E-state index contributed by atoms with van der Waals surface area (Å²) in [6, 6.07) is 3.41. The van der Waals surface area contributed by atoms with E-state index >= 15 is 0 Å². The first kappa shape index (κ1) is 17.8. The number of imide groups is 1. The summed E-state index contributed by atoms with van der Waals surface area (Å²) in [6.45, 7) is 3.32. The van der Waals surface area contributed by atoms with E-state index in [0.29, 0.717) is 5.02 Å². The lowest BCUT2D eigenvalue weighted by Gasteiger charge is -2.20. The van der Waals surface area contributed by atoms with Crippen molar-refractivity contribution >= 4 is 29.5 Å². The number of amides is 3. The number of primary amides is 1. The maximum absolute atomic E-state index is 12.2. The Morgan fingerprint density at radius 2 is 1.91 bits per heavy atom. The van der Waals surface area contributed by atoms with E-state index in [1.165, 1.54) is 19.2 Å². The van der Waals surface area contributed by atoms with Gasteiger partial charge in [0, 0.05) is 5.02 Å². The fourth-order valence-corrected chi connectivity index (χ4v) is 1.88. The van der Waals surface area contributed by atoms with E-state index in [9.17, 15) is 14.4 Å². The molecule has 0 radical (unpaired) electrons. The van der Waals surface area contributed by atoms with Gasteiger partial charge in [-0.3, -0.25) is 10.1 Å². The van der Waals surface area contributed by atoms with Gasteiger partial charge in [0.15, 0.2) is 6.10 Å². The maximum atomic E-state index is 12.2. The van der Waals surface area contributed by atoms with Crippen LogP contribution in [0.5, 0.6) is 5.75 Å². The van der Waals surface area contributed by atoms with E-state index in [-0.39, 0.29) is 17.2 Å². The summed E-state index contributed by atoms with van der Waals surface area (Å²) < 4.78 is 10.2. The normalized spacial score (nSPS) is 11.7. The second-order valence-corrected chi connectivity index (χ2v) is 5.20. The molecule has 0 saturated heterocycles. The minimum atomic E-state index is -1.18. The number of carbonyl (C=O) groups is 3. The molecule has 0 unspecified atom stereocenters. The highest BCUT2D eigenvalue weighted by molar-refractivity contribution is 6.31. The van der Waals surface area contributed by atoms with Crippen molar-refractivity contribution < 1.29 is 23.9 Å². The van der Waals surface area contributed by atoms with E-state index in [1.54, 1.807) is 19.9 Å². The SMILES string of the molecule is COc1ccc(Cl)cc1C(=O)O[C@@H](C(=O)NC(N)=O)C(C)C. The van der Waals surface area contributed by atoms with Gasteiger partial charge in [0.2, 0.25) is 0 Å². The molecule has 0 aliphatic heterocycles. The molecule has 0 aliphatic carbocycles. The Labute approximate surface area is 132 Å². The number of benzene rings is 1. The van der Waals surface area contributed by atoms with Crippen molar-refractivity contribution in [1.29, 1.82) is 0 Å². The smallest absolute Gasteiger partial charge is 0.342 e. The number of esters is 1. The Morgan fingerprint density at radius 3 is 2.41 bits per heavy atom. The third-order valence-electron chi connectivity index (χ3n) is 2.73. The first-order valence-electron chi connectivity index (χ1n) is 6.41. The van der Waals surface area contributed by atoms with Crippen molar-refractivity contribution in [3.63, 3.8) is 0 Å². The highest BCUT2D eigenvalue weighted by Gasteiger charge is 2.29. The molecule has 22 heavy (non-hydrogen) atoms. The third-order valence-corrected chi connectivity index (χ3v) is 2.96. The monoisotopic (exact) mass is 328 g/mol. The van der Waals surface area contributed by atoms with Crippen LogP contribution in [0.4, 0.5) is 4.79 Å². The number of ether oxygens (including phenoxy) is 2. The van der Waals surface area contributed by atoms with Crippen LogP contribution in [0.1, 0.15) is 24.2 Å². The molecule has 1 aromatic rings. The van der Waals surface area contributed by atoms with Crippen LogP contribution in [-0.2, 0) is 9.53 Å². The Morgan fingerprint density at radius 1 is 1.27 bits per heavy atom. The van der Waals surface area contributed by atoms with Gasteiger partial charge < -0.3 is 15.2 Å². The zero-order chi connectivity index (χ0) is 16.9. The standard InChI is InChI=1S/C14H17ClN2O5/c1-7(2)11(12(18)17-14(16)20)22-13(19)9-6-8(15)4-5-10(9)21-3/h4-7,11H,1-3H3,(H3,16,17,18,20)/t11-/m1/s1. The summed E-state index contributed by atoms with van der Waals surface area (Å²) in [5, 5.41) is 2.20. The topological polar surface area (TPSA) is 108 Å². The third kappa shape index (κ3) is 4.63. The van der Waals surface area contributed by atoms with Gasteiger partial charge in [-0.15, -0.1) is 0 Å². The van der Waals surface area contributed by atoms with Crippen molar-refractivity contribution in [2.45, 2.75) is 20.0 Å². The lowest BCUT2D eigenvalue weighted by molar-refractivity contribution is -0.130. The maximum Gasteiger partial charge on any atom is 0.342 e. The van der Waals surface area contributed by atoms with Gasteiger partial charge in [-0.25, -0.2) is 9.59 Å². The number of nitrogens with two attached hydrogens (primary N) is 1. The molecule has 0 heterocycles. The fraction of sp³-hybridized carbons (Fsp3) is 0.357. The molecule has 0 aromatic heterocycles. The molecule has 120 valence electrons. The van der Waals surface area contributed by atoms with Gasteiger partial charge in [-0.05, 0) is 24.1 Å². The zero-order valence-electron chi connectivity index (χ0n) is 12.4. The number of carbonyl (C=O) groups excluding carboxylic acids is 3. The molecule has 0 spiro atoms. The van der Waals surface area contributed by atoms with Gasteiger partial charge in [-0.2, -0.15) is 0 Å². The molecule has 1 rings (SSSR count). The highest BCUT2D eigenvalue weighted by atomic mass is 35.5. The van der Waals surface area contributed by atoms with Gasteiger partial charge in [0.05, 0.1) is 7.11 Å². The number of nitrogens with one attached hydrogen (secondary N) is 1. The summed E-state index contributed by atoms with van der Waals surface area (Å²) in [7, 11) is 1.39. The summed E-state index contributed by atoms with van der Waals surface area (Å²) in [5.74, 6) is -1.70. The molecule has 3 N–H and O–H groups in total. The predicted molar refractivity (Wildman–Crippen MR) is 79.8 cm³/mol. The Bertz CT molecular complexity index is 589. The van der Waals surface area contributed by atoms with Crippen molar-refractivity contribution in [3.05, 3.63) is 28.8 Å². The molecule has 3 amide bonds. The summed E-state index contributed by atoms with van der Waals surface area (Å²) in [4.78, 5) is 34.8. The first-order chi connectivity index (χ1) is 10.3. The molecule has 0 fully saturated rings. The van der Waals surface area contributed by atoms with Gasteiger partial charge in [0.25, 0.3) is 5.91 Å². The van der Waals surface area contributed by atoms with Crippen LogP contribution in [0.15, 0.2) is 18.2 Å². The average Bonchev–Trinajstić information content (AvgIpc) is 2.43. The fourth-order valence-electron chi connectivity index (χ4n) is 1.70. The van der Waals surface area contributed by atoms with Crippen LogP contribution in [0, 0.1) is 5.92 Å². The highest BCUT2D eigenvalue weighted by Crippen LogP contribution is 2.24. The number of hydrogen-bond acceptors (Lipinski definition) is 5. The number of rotatable bonds is 5. The molecule has 1 aromatic carbocycles. The van der Waals surface area contributed by atoms with Crippen molar-refractivity contribution in [1.82, 2.24) is 5.32 Å². The predicted octanol–water partition coefficient (Wildman–Crippen LogP) is 1.72. The summed E-state index contributed by atoms with van der Waals surface area (Å²) >= 11 is 5.84. The average molecular weight is 329 g/mol. The number of hydrogen-bond donors (Lipinski definition) is 2. The van der Waals surface area contributed by atoms with E-state index in [4.69, 9.17) is 26.8 Å². The molecule has 0 bridgehead atoms. The first-order valence-corrected chi connectivity index (χ1v) is 6.78. The number of halogens is 1. The summed E-state index contributed by atoms with van der Waals surface area (Å²) in [5.41, 5.74) is 4.97. The Kier molecular flexibility index (Phi) is 6.18. The minimum Gasteiger partial charge on any atom is -0.496 e. The van der Waals surface area contributed by atoms with Crippen molar-refractivity contribution in [3.8, 4) is 5.75 Å². The van der Waals surface area contributed by atoms with E-state index in [2.05, 4.69) is 0 Å². The number of urea groups is 1. The minimum absolute atomic E-state index is 0.0764. The van der Waals surface area contributed by atoms with E-state index < -0.39 is 24.0 Å². The zero-order valence-corrected chi connectivity index (χ0v) is 13.1. The number of methoxy groups -OCH3 is 1. The van der Waals surface area contributed by atoms with Gasteiger partial charge in [0.1, 0.15) is 11.3 Å². The Balaban J connectivity index is 2.99. The van der Waals surface area contributed by atoms with Crippen molar-refractivity contribution in [2.75, 3.05) is 7.11 Å². The van der Waals surface area contributed by atoms with Crippen LogP contribution in [0.25, 0.3) is 0 Å². The molecular weight excluding hydrogens is 312 g/mol. The lowest BCUT2D eigenvalue weighted by Crippen LogP contribution is -2.45. The second-order valence-electron chi connectivity index (χ2n) is 4.77. The molecule has 1 atom stereocenters. The van der Waals surface area contributed by atoms with E-state index in [1.807, 2.05) is 5.32 Å². The van der Waals surface area contributed by atoms with Crippen LogP contribution in [0.2, 0.25) is 5.02 Å². The van der Waals surface area contributed by atoms with Crippen molar-refractivity contribution in [2.24, 2.45) is 11.7 Å². The van der Waals surface area contributed by atoms with Crippen LogP contribution < -0.4 is 15.8 Å². The second kappa shape index (κ2) is 7.65. The summed E-state index contributed by atoms with van der Waals surface area (Å²) in [6.07, 6.45) is -1.18. The molecule has 8 heteroatoms.